The van der Waals surface area contributed by atoms with Gasteiger partial charge in [0, 0.05) is 18.2 Å². The molecular formula is C28H40N4O4. The first kappa shape index (κ1) is 25.4. The van der Waals surface area contributed by atoms with Crippen molar-refractivity contribution in [1.82, 2.24) is 20.4 Å². The number of Topliss-reactive ketones (excluding diaryl/α,β-unsaturated/α-hetero) is 1. The molecule has 2 N–H and O–H groups in total. The molecule has 1 saturated carbocycles. The lowest BCUT2D eigenvalue weighted by atomic mass is 9.85. The molecule has 4 atom stereocenters. The zero-order valence-corrected chi connectivity index (χ0v) is 22.0. The van der Waals surface area contributed by atoms with Gasteiger partial charge in [0.2, 0.25) is 5.91 Å². The van der Waals surface area contributed by atoms with Gasteiger partial charge >= 0.3 is 0 Å². The maximum absolute atomic E-state index is 13.7. The summed E-state index contributed by atoms with van der Waals surface area (Å²) in [5.41, 5.74) is 1.30. The number of carbonyl (C=O) groups excluding carboxylic acids is 3. The van der Waals surface area contributed by atoms with Crippen LogP contribution in [0.4, 0.5) is 0 Å². The predicted molar refractivity (Wildman–Crippen MR) is 137 cm³/mol. The van der Waals surface area contributed by atoms with Gasteiger partial charge in [0.25, 0.3) is 5.91 Å². The highest BCUT2D eigenvalue weighted by molar-refractivity contribution is 5.99. The van der Waals surface area contributed by atoms with Gasteiger partial charge in [-0.1, -0.05) is 32.9 Å². The minimum Gasteiger partial charge on any atom is -0.366 e. The SMILES string of the molecule is CN[C@H]1CN(C(=O)C(NC(=O)c2ccc(C3CCN(C4CC4)CC3)cc2)C(C)(C)C)[C@@H]2C(=O)CO[C@H]12. The Balaban J connectivity index is 1.25. The monoisotopic (exact) mass is 496 g/mol. The first-order valence-electron chi connectivity index (χ1n) is 13.4. The smallest absolute Gasteiger partial charge is 0.251 e. The second-order valence-electron chi connectivity index (χ2n) is 12.0. The Labute approximate surface area is 214 Å². The van der Waals surface area contributed by atoms with Gasteiger partial charge in [-0.05, 0) is 74.8 Å². The molecule has 8 nitrogen and oxygen atoms in total. The largest absolute Gasteiger partial charge is 0.366 e. The summed E-state index contributed by atoms with van der Waals surface area (Å²) >= 11 is 0. The van der Waals surface area contributed by atoms with E-state index in [0.717, 1.165) is 32.0 Å². The Morgan fingerprint density at radius 2 is 1.72 bits per heavy atom. The minimum atomic E-state index is -0.763. The highest BCUT2D eigenvalue weighted by Gasteiger charge is 2.53. The van der Waals surface area contributed by atoms with E-state index in [2.05, 4.69) is 27.7 Å². The van der Waals surface area contributed by atoms with Gasteiger partial charge in [-0.3, -0.25) is 14.4 Å². The van der Waals surface area contributed by atoms with E-state index in [9.17, 15) is 14.4 Å². The molecule has 1 unspecified atom stereocenters. The molecule has 196 valence electrons. The second-order valence-corrected chi connectivity index (χ2v) is 12.0. The zero-order chi connectivity index (χ0) is 25.6. The number of ether oxygens (including phenoxy) is 1. The summed E-state index contributed by atoms with van der Waals surface area (Å²) in [6.45, 7) is 8.53. The van der Waals surface area contributed by atoms with Crippen molar-refractivity contribution in [1.29, 1.82) is 0 Å². The molecule has 1 aromatic carbocycles. The minimum absolute atomic E-state index is 0.0236. The molecule has 3 aliphatic heterocycles. The molecule has 3 heterocycles. The van der Waals surface area contributed by atoms with Crippen LogP contribution in [0.15, 0.2) is 24.3 Å². The van der Waals surface area contributed by atoms with Crippen LogP contribution < -0.4 is 10.6 Å². The zero-order valence-electron chi connectivity index (χ0n) is 22.0. The lowest BCUT2D eigenvalue weighted by Gasteiger charge is -2.35. The number of hydrogen-bond donors (Lipinski definition) is 2. The second kappa shape index (κ2) is 9.88. The van der Waals surface area contributed by atoms with Gasteiger partial charge in [-0.25, -0.2) is 0 Å². The molecule has 4 aliphatic rings. The first-order chi connectivity index (χ1) is 17.2. The summed E-state index contributed by atoms with van der Waals surface area (Å²) in [6, 6.07) is 7.24. The van der Waals surface area contributed by atoms with Gasteiger partial charge in [-0.15, -0.1) is 0 Å². The van der Waals surface area contributed by atoms with Crippen molar-refractivity contribution in [2.45, 2.75) is 82.6 Å². The van der Waals surface area contributed by atoms with Crippen molar-refractivity contribution in [2.24, 2.45) is 5.41 Å². The Bertz CT molecular complexity index is 992. The number of likely N-dealkylation sites (tertiary alicyclic amines) is 2. The molecule has 8 heteroatoms. The number of hydrogen-bond acceptors (Lipinski definition) is 6. The fourth-order valence-corrected chi connectivity index (χ4v) is 6.11. The predicted octanol–water partition coefficient (Wildman–Crippen LogP) is 1.94. The van der Waals surface area contributed by atoms with Crippen LogP contribution in [0.5, 0.6) is 0 Å². The van der Waals surface area contributed by atoms with Gasteiger partial charge < -0.3 is 25.2 Å². The van der Waals surface area contributed by atoms with E-state index < -0.39 is 17.5 Å². The molecule has 36 heavy (non-hydrogen) atoms. The molecule has 0 bridgehead atoms. The van der Waals surface area contributed by atoms with Crippen LogP contribution in [0.2, 0.25) is 0 Å². The summed E-state index contributed by atoms with van der Waals surface area (Å²) < 4.78 is 5.67. The number of nitrogens with one attached hydrogen (secondary N) is 2. The van der Waals surface area contributed by atoms with Gasteiger partial charge in [0.1, 0.15) is 24.8 Å². The number of ketones is 1. The van der Waals surface area contributed by atoms with E-state index in [0.29, 0.717) is 18.0 Å². The van der Waals surface area contributed by atoms with Crippen molar-refractivity contribution < 1.29 is 19.1 Å². The summed E-state index contributed by atoms with van der Waals surface area (Å²) in [5.74, 6) is -0.0474. The average molecular weight is 497 g/mol. The summed E-state index contributed by atoms with van der Waals surface area (Å²) in [6.07, 6.45) is 4.69. The van der Waals surface area contributed by atoms with E-state index in [1.165, 1.54) is 18.4 Å². The first-order valence-corrected chi connectivity index (χ1v) is 13.4. The molecule has 3 saturated heterocycles. The van der Waals surface area contributed by atoms with E-state index in [1.54, 1.807) is 4.90 Å². The third kappa shape index (κ3) is 4.95. The normalized spacial score (nSPS) is 28.3. The Kier molecular flexibility index (Phi) is 6.96. The number of fused-ring (bicyclic) bond motifs is 1. The number of rotatable bonds is 6. The van der Waals surface area contributed by atoms with E-state index in [1.807, 2.05) is 40.0 Å². The molecule has 5 rings (SSSR count). The number of benzene rings is 1. The Morgan fingerprint density at radius 1 is 1.06 bits per heavy atom. The average Bonchev–Trinajstić information content (AvgIpc) is 3.55. The molecule has 1 aliphatic carbocycles. The van der Waals surface area contributed by atoms with Crippen molar-refractivity contribution >= 4 is 17.6 Å². The Morgan fingerprint density at radius 3 is 2.31 bits per heavy atom. The molecule has 0 spiro atoms. The van der Waals surface area contributed by atoms with E-state index >= 15 is 0 Å². The van der Waals surface area contributed by atoms with Crippen LogP contribution in [0.1, 0.15) is 68.3 Å². The lowest BCUT2D eigenvalue weighted by molar-refractivity contribution is -0.140. The quantitative estimate of drug-likeness (QED) is 0.626. The maximum Gasteiger partial charge on any atom is 0.251 e. The topological polar surface area (TPSA) is 91.0 Å². The van der Waals surface area contributed by atoms with Crippen molar-refractivity contribution in [3.63, 3.8) is 0 Å². The van der Waals surface area contributed by atoms with Crippen molar-refractivity contribution in [3.05, 3.63) is 35.4 Å². The standard InChI is InChI=1S/C28H40N4O4/c1-28(2,3)25(27(35)32-15-21(29-4)24-23(32)22(33)16-36-24)30-26(34)19-7-5-17(6-8-19)18-11-13-31(14-12-18)20-9-10-20/h5-8,18,20-21,23-25,29H,9-16H2,1-4H3,(H,30,34)/t21-,23+,24+,25?/m0/s1. The summed E-state index contributed by atoms with van der Waals surface area (Å²) in [5, 5.41) is 6.16. The van der Waals surface area contributed by atoms with Crippen molar-refractivity contribution in [3.8, 4) is 0 Å². The number of carbonyl (C=O) groups is 3. The third-order valence-electron chi connectivity index (χ3n) is 8.46. The molecule has 2 amide bonds. The highest BCUT2D eigenvalue weighted by atomic mass is 16.5. The fraction of sp³-hybridized carbons (Fsp3) is 0.679. The van der Waals surface area contributed by atoms with Gasteiger partial charge in [0.05, 0.1) is 6.04 Å². The van der Waals surface area contributed by atoms with Gasteiger partial charge in [-0.2, -0.15) is 0 Å². The fourth-order valence-electron chi connectivity index (χ4n) is 6.11. The van der Waals surface area contributed by atoms with Crippen LogP contribution in [0.3, 0.4) is 0 Å². The third-order valence-corrected chi connectivity index (χ3v) is 8.46. The molecule has 0 radical (unpaired) electrons. The van der Waals surface area contributed by atoms with Crippen LogP contribution in [-0.2, 0) is 14.3 Å². The summed E-state index contributed by atoms with van der Waals surface area (Å²) in [4.78, 5) is 43.7. The highest BCUT2D eigenvalue weighted by Crippen LogP contribution is 2.35. The van der Waals surface area contributed by atoms with Crippen LogP contribution in [0, 0.1) is 5.41 Å². The summed E-state index contributed by atoms with van der Waals surface area (Å²) in [7, 11) is 1.81. The molecule has 4 fully saturated rings. The van der Waals surface area contributed by atoms with E-state index in [4.69, 9.17) is 4.74 Å². The van der Waals surface area contributed by atoms with Crippen LogP contribution >= 0.6 is 0 Å². The number of amides is 2. The number of piperidine rings is 1. The Hall–Kier alpha value is -2.29. The molecule has 0 aromatic heterocycles. The maximum atomic E-state index is 13.7. The van der Waals surface area contributed by atoms with Crippen LogP contribution in [-0.4, -0.2) is 91.0 Å². The number of likely N-dealkylation sites (N-methyl/N-ethyl adjacent to an activating group) is 1. The molecule has 1 aromatic rings. The van der Waals surface area contributed by atoms with E-state index in [-0.39, 0.29) is 36.4 Å². The van der Waals surface area contributed by atoms with Crippen molar-refractivity contribution in [2.75, 3.05) is 33.3 Å². The molecular weight excluding hydrogens is 456 g/mol. The number of nitrogens with zero attached hydrogens (tertiary/aromatic N) is 2. The lowest BCUT2D eigenvalue weighted by Crippen LogP contribution is -2.57. The van der Waals surface area contributed by atoms with Crippen LogP contribution in [0.25, 0.3) is 0 Å². The van der Waals surface area contributed by atoms with Gasteiger partial charge in [0.15, 0.2) is 5.78 Å².